The van der Waals surface area contributed by atoms with Crippen LogP contribution in [0.4, 0.5) is 0 Å². The van der Waals surface area contributed by atoms with E-state index in [1.165, 1.54) is 19.3 Å². The number of nitrogens with zero attached hydrogens (tertiary/aromatic N) is 1. The number of thiazole rings is 1. The molecule has 1 aromatic carbocycles. The van der Waals surface area contributed by atoms with Crippen molar-refractivity contribution in [2.45, 2.75) is 46.0 Å². The van der Waals surface area contributed by atoms with Crippen LogP contribution in [0.25, 0.3) is 10.6 Å². The molecule has 1 atom stereocenters. The zero-order valence-electron chi connectivity index (χ0n) is 14.0. The van der Waals surface area contributed by atoms with Gasteiger partial charge in [-0.15, -0.1) is 11.3 Å². The molecule has 0 radical (unpaired) electrons. The van der Waals surface area contributed by atoms with E-state index in [1.54, 1.807) is 11.3 Å². The summed E-state index contributed by atoms with van der Waals surface area (Å²) in [6, 6.07) is 10.1. The number of rotatable bonds is 9. The first-order valence-electron chi connectivity index (χ1n) is 8.49. The fraction of sp³-hybridized carbons (Fsp3) is 0.474. The third-order valence-corrected chi connectivity index (χ3v) is 4.99. The molecule has 4 heteroatoms. The highest BCUT2D eigenvalue weighted by Crippen LogP contribution is 2.23. The van der Waals surface area contributed by atoms with Gasteiger partial charge in [0.05, 0.1) is 12.1 Å². The first-order valence-corrected chi connectivity index (χ1v) is 9.37. The molecule has 0 saturated carbocycles. The van der Waals surface area contributed by atoms with Crippen LogP contribution in [0.2, 0.25) is 0 Å². The summed E-state index contributed by atoms with van der Waals surface area (Å²) in [7, 11) is 0. The third-order valence-electron chi connectivity index (χ3n) is 4.05. The Morgan fingerprint density at radius 2 is 2.04 bits per heavy atom. The Morgan fingerprint density at radius 3 is 2.74 bits per heavy atom. The van der Waals surface area contributed by atoms with E-state index in [0.29, 0.717) is 12.3 Å². The number of hydrogen-bond acceptors (Lipinski definition) is 3. The zero-order valence-corrected chi connectivity index (χ0v) is 14.9. The smallest absolute Gasteiger partial charge is 0.226 e. The van der Waals surface area contributed by atoms with Crippen molar-refractivity contribution >= 4 is 17.2 Å². The van der Waals surface area contributed by atoms with E-state index in [1.807, 2.05) is 35.7 Å². The summed E-state index contributed by atoms with van der Waals surface area (Å²) in [5, 5.41) is 6.02. The number of benzene rings is 1. The Balaban J connectivity index is 1.83. The Labute approximate surface area is 143 Å². The summed E-state index contributed by atoms with van der Waals surface area (Å²) >= 11 is 1.59. The lowest BCUT2D eigenvalue weighted by atomic mass is 9.99. The number of unbranched alkanes of at least 4 members (excludes halogenated alkanes) is 1. The minimum atomic E-state index is 0.0739. The highest BCUT2D eigenvalue weighted by atomic mass is 32.1. The summed E-state index contributed by atoms with van der Waals surface area (Å²) < 4.78 is 0. The minimum absolute atomic E-state index is 0.0739. The molecular formula is C19H26N2OS. The summed E-state index contributed by atoms with van der Waals surface area (Å²) in [6.45, 7) is 5.18. The van der Waals surface area contributed by atoms with Crippen molar-refractivity contribution in [2.24, 2.45) is 5.92 Å². The van der Waals surface area contributed by atoms with Crippen LogP contribution < -0.4 is 5.32 Å². The second kappa shape index (κ2) is 9.46. The van der Waals surface area contributed by atoms with E-state index in [0.717, 1.165) is 29.2 Å². The van der Waals surface area contributed by atoms with Gasteiger partial charge in [-0.2, -0.15) is 0 Å². The van der Waals surface area contributed by atoms with Crippen molar-refractivity contribution in [1.82, 2.24) is 10.3 Å². The minimum Gasteiger partial charge on any atom is -0.355 e. The van der Waals surface area contributed by atoms with Crippen LogP contribution in [-0.4, -0.2) is 17.4 Å². The maximum absolute atomic E-state index is 12.1. The molecule has 0 fully saturated rings. The van der Waals surface area contributed by atoms with Crippen molar-refractivity contribution in [1.29, 1.82) is 0 Å². The Bertz CT molecular complexity index is 594. The molecule has 0 saturated heterocycles. The van der Waals surface area contributed by atoms with Gasteiger partial charge in [-0.05, 0) is 12.3 Å². The molecule has 0 bridgehead atoms. The predicted octanol–water partition coefficient (Wildman–Crippen LogP) is 4.69. The molecule has 1 unspecified atom stereocenters. The molecule has 0 aliphatic carbocycles. The van der Waals surface area contributed by atoms with E-state index < -0.39 is 0 Å². The molecule has 1 aromatic heterocycles. The van der Waals surface area contributed by atoms with Crippen molar-refractivity contribution < 1.29 is 4.79 Å². The number of carbonyl (C=O) groups excluding carboxylic acids is 1. The number of carbonyl (C=O) groups is 1. The van der Waals surface area contributed by atoms with Crippen LogP contribution >= 0.6 is 11.3 Å². The van der Waals surface area contributed by atoms with Crippen LogP contribution in [-0.2, 0) is 11.2 Å². The standard InChI is InChI=1S/C19H26N2OS/c1-3-5-9-15(4-2)13-20-18(22)12-17-14-23-19(21-17)16-10-7-6-8-11-16/h6-8,10-11,14-15H,3-5,9,12-13H2,1-2H3,(H,20,22). The molecule has 1 amide bonds. The van der Waals surface area contributed by atoms with Crippen molar-refractivity contribution in [3.05, 3.63) is 41.4 Å². The molecule has 0 aliphatic rings. The van der Waals surface area contributed by atoms with Gasteiger partial charge in [-0.3, -0.25) is 4.79 Å². The maximum Gasteiger partial charge on any atom is 0.226 e. The average Bonchev–Trinajstić information content (AvgIpc) is 3.04. The summed E-state index contributed by atoms with van der Waals surface area (Å²) in [6.07, 6.45) is 5.14. The molecule has 23 heavy (non-hydrogen) atoms. The van der Waals surface area contributed by atoms with Crippen LogP contribution in [0.1, 0.15) is 45.2 Å². The lowest BCUT2D eigenvalue weighted by molar-refractivity contribution is -0.120. The Kier molecular flexibility index (Phi) is 7.27. The lowest BCUT2D eigenvalue weighted by Gasteiger charge is -2.14. The van der Waals surface area contributed by atoms with Crippen molar-refractivity contribution in [2.75, 3.05) is 6.54 Å². The second-order valence-corrected chi connectivity index (χ2v) is 6.77. The molecule has 0 spiro atoms. The number of amides is 1. The molecule has 3 nitrogen and oxygen atoms in total. The third kappa shape index (κ3) is 5.79. The Morgan fingerprint density at radius 1 is 1.26 bits per heavy atom. The van der Waals surface area contributed by atoms with Gasteiger partial charge in [0.25, 0.3) is 0 Å². The number of nitrogens with one attached hydrogen (secondary N) is 1. The second-order valence-electron chi connectivity index (χ2n) is 5.91. The topological polar surface area (TPSA) is 42.0 Å². The van der Waals surface area contributed by atoms with Gasteiger partial charge in [0.2, 0.25) is 5.91 Å². The highest BCUT2D eigenvalue weighted by molar-refractivity contribution is 7.13. The molecule has 1 N–H and O–H groups in total. The molecule has 2 aromatic rings. The van der Waals surface area contributed by atoms with E-state index in [-0.39, 0.29) is 5.91 Å². The Hall–Kier alpha value is -1.68. The summed E-state index contributed by atoms with van der Waals surface area (Å²) in [5.74, 6) is 0.666. The largest absolute Gasteiger partial charge is 0.355 e. The van der Waals surface area contributed by atoms with E-state index in [9.17, 15) is 4.79 Å². The van der Waals surface area contributed by atoms with Gasteiger partial charge in [0.1, 0.15) is 5.01 Å². The van der Waals surface area contributed by atoms with E-state index in [4.69, 9.17) is 0 Å². The monoisotopic (exact) mass is 330 g/mol. The van der Waals surface area contributed by atoms with Gasteiger partial charge in [-0.25, -0.2) is 4.98 Å². The molecular weight excluding hydrogens is 304 g/mol. The van der Waals surface area contributed by atoms with Gasteiger partial charge in [0, 0.05) is 17.5 Å². The van der Waals surface area contributed by atoms with Gasteiger partial charge >= 0.3 is 0 Å². The van der Waals surface area contributed by atoms with Crippen LogP contribution in [0, 0.1) is 5.92 Å². The summed E-state index contributed by atoms with van der Waals surface area (Å²) in [4.78, 5) is 16.7. The van der Waals surface area contributed by atoms with Crippen molar-refractivity contribution in [3.8, 4) is 10.6 Å². The predicted molar refractivity (Wildman–Crippen MR) is 97.6 cm³/mol. The summed E-state index contributed by atoms with van der Waals surface area (Å²) in [5.41, 5.74) is 1.96. The fourth-order valence-electron chi connectivity index (χ4n) is 2.53. The van der Waals surface area contributed by atoms with Gasteiger partial charge in [0.15, 0.2) is 0 Å². The molecule has 1 heterocycles. The number of hydrogen-bond donors (Lipinski definition) is 1. The van der Waals surface area contributed by atoms with Crippen LogP contribution in [0.15, 0.2) is 35.7 Å². The highest BCUT2D eigenvalue weighted by Gasteiger charge is 2.11. The van der Waals surface area contributed by atoms with E-state index >= 15 is 0 Å². The van der Waals surface area contributed by atoms with Crippen LogP contribution in [0.5, 0.6) is 0 Å². The van der Waals surface area contributed by atoms with E-state index in [2.05, 4.69) is 24.1 Å². The zero-order chi connectivity index (χ0) is 16.5. The number of aromatic nitrogens is 1. The first kappa shape index (κ1) is 17.7. The normalized spacial score (nSPS) is 12.1. The van der Waals surface area contributed by atoms with Crippen molar-refractivity contribution in [3.63, 3.8) is 0 Å². The quantitative estimate of drug-likeness (QED) is 0.725. The average molecular weight is 330 g/mol. The fourth-order valence-corrected chi connectivity index (χ4v) is 3.36. The van der Waals surface area contributed by atoms with Gasteiger partial charge in [-0.1, -0.05) is 63.4 Å². The molecule has 124 valence electrons. The van der Waals surface area contributed by atoms with Crippen LogP contribution in [0.3, 0.4) is 0 Å². The SMILES string of the molecule is CCCCC(CC)CNC(=O)Cc1csc(-c2ccccc2)n1. The van der Waals surface area contributed by atoms with Gasteiger partial charge < -0.3 is 5.32 Å². The molecule has 0 aliphatic heterocycles. The molecule has 2 rings (SSSR count). The lowest BCUT2D eigenvalue weighted by Crippen LogP contribution is -2.30. The maximum atomic E-state index is 12.1. The first-order chi connectivity index (χ1) is 11.2.